The lowest BCUT2D eigenvalue weighted by atomic mass is 10.1. The van der Waals surface area contributed by atoms with E-state index in [9.17, 15) is 13.2 Å². The van der Waals surface area contributed by atoms with Crippen LogP contribution < -0.4 is 4.74 Å². The van der Waals surface area contributed by atoms with Gasteiger partial charge in [0, 0.05) is 17.3 Å². The molecule has 0 amide bonds. The maximum absolute atomic E-state index is 12.0. The highest BCUT2D eigenvalue weighted by Gasteiger charge is 2.29. The van der Waals surface area contributed by atoms with Crippen LogP contribution in [0.5, 0.6) is 5.75 Å². The summed E-state index contributed by atoms with van der Waals surface area (Å²) in [6, 6.07) is 0. The van der Waals surface area contributed by atoms with Crippen LogP contribution >= 0.6 is 0 Å². The van der Waals surface area contributed by atoms with E-state index < -0.39 is 12.8 Å². The molecule has 90 valence electrons. The molecule has 16 heavy (non-hydrogen) atoms. The van der Waals surface area contributed by atoms with Crippen LogP contribution in [0.2, 0.25) is 0 Å². The molecule has 0 spiro atoms. The molecular formula is C10H12F3NO2. The van der Waals surface area contributed by atoms with Gasteiger partial charge in [0.05, 0.1) is 12.3 Å². The second kappa shape index (κ2) is 4.69. The molecule has 0 atom stereocenters. The van der Waals surface area contributed by atoms with Gasteiger partial charge < -0.3 is 9.84 Å². The van der Waals surface area contributed by atoms with Crippen molar-refractivity contribution in [1.82, 2.24) is 4.98 Å². The molecule has 1 aromatic rings. The maximum Gasteiger partial charge on any atom is 0.422 e. The molecule has 0 aliphatic carbocycles. The number of halogens is 3. The zero-order valence-electron chi connectivity index (χ0n) is 8.93. The Balaban J connectivity index is 2.94. The molecule has 0 saturated heterocycles. The average Bonchev–Trinajstić information content (AvgIpc) is 2.16. The Labute approximate surface area is 90.9 Å². The van der Waals surface area contributed by atoms with Gasteiger partial charge in [-0.2, -0.15) is 13.2 Å². The molecule has 1 heterocycles. The summed E-state index contributed by atoms with van der Waals surface area (Å²) in [5.74, 6) is 0.136. The van der Waals surface area contributed by atoms with Gasteiger partial charge in [-0.05, 0) is 13.8 Å². The predicted octanol–water partition coefficient (Wildman–Crippen LogP) is 2.13. The van der Waals surface area contributed by atoms with Crippen molar-refractivity contribution in [2.75, 3.05) is 6.61 Å². The van der Waals surface area contributed by atoms with Crippen LogP contribution in [-0.4, -0.2) is 22.9 Å². The number of pyridine rings is 1. The number of hydrogen-bond donors (Lipinski definition) is 1. The molecule has 0 aliphatic heterocycles. The lowest BCUT2D eigenvalue weighted by molar-refractivity contribution is -0.153. The molecule has 1 rings (SSSR count). The van der Waals surface area contributed by atoms with Crippen molar-refractivity contribution < 1.29 is 23.0 Å². The zero-order chi connectivity index (χ0) is 12.3. The molecule has 0 saturated carbocycles. The highest BCUT2D eigenvalue weighted by Crippen LogP contribution is 2.26. The van der Waals surface area contributed by atoms with Crippen molar-refractivity contribution in [3.63, 3.8) is 0 Å². The number of alkyl halides is 3. The Morgan fingerprint density at radius 1 is 1.38 bits per heavy atom. The topological polar surface area (TPSA) is 42.4 Å². The highest BCUT2D eigenvalue weighted by molar-refractivity contribution is 5.40. The third-order valence-corrected chi connectivity index (χ3v) is 2.08. The Morgan fingerprint density at radius 3 is 2.50 bits per heavy atom. The van der Waals surface area contributed by atoms with Gasteiger partial charge in [-0.3, -0.25) is 4.98 Å². The van der Waals surface area contributed by atoms with Crippen LogP contribution in [0.25, 0.3) is 0 Å². The lowest BCUT2D eigenvalue weighted by Gasteiger charge is -2.15. The summed E-state index contributed by atoms with van der Waals surface area (Å²) in [5, 5.41) is 8.92. The van der Waals surface area contributed by atoms with Crippen LogP contribution in [-0.2, 0) is 6.61 Å². The van der Waals surface area contributed by atoms with Crippen LogP contribution in [0.1, 0.15) is 16.8 Å². The van der Waals surface area contributed by atoms with E-state index in [2.05, 4.69) is 4.98 Å². The Morgan fingerprint density at radius 2 is 2.00 bits per heavy atom. The second-order valence-electron chi connectivity index (χ2n) is 3.40. The van der Waals surface area contributed by atoms with Crippen molar-refractivity contribution in [3.8, 4) is 5.75 Å². The maximum atomic E-state index is 12.0. The molecule has 0 aromatic carbocycles. The van der Waals surface area contributed by atoms with E-state index in [1.807, 2.05) is 0 Å². The van der Waals surface area contributed by atoms with Gasteiger partial charge in [0.15, 0.2) is 6.61 Å². The van der Waals surface area contributed by atoms with Gasteiger partial charge in [0.25, 0.3) is 0 Å². The first-order valence-electron chi connectivity index (χ1n) is 4.60. The largest absolute Gasteiger partial charge is 0.483 e. The van der Waals surface area contributed by atoms with Crippen LogP contribution in [0.15, 0.2) is 6.20 Å². The minimum atomic E-state index is -4.37. The van der Waals surface area contributed by atoms with E-state index in [0.717, 1.165) is 0 Å². The van der Waals surface area contributed by atoms with Gasteiger partial charge in [0.2, 0.25) is 0 Å². The molecule has 1 aromatic heterocycles. The van der Waals surface area contributed by atoms with Crippen molar-refractivity contribution in [2.45, 2.75) is 26.6 Å². The van der Waals surface area contributed by atoms with Crippen LogP contribution in [0, 0.1) is 13.8 Å². The molecule has 0 radical (unpaired) electrons. The highest BCUT2D eigenvalue weighted by atomic mass is 19.4. The van der Waals surface area contributed by atoms with Crippen molar-refractivity contribution in [2.24, 2.45) is 0 Å². The van der Waals surface area contributed by atoms with Crippen LogP contribution in [0.3, 0.4) is 0 Å². The third kappa shape index (κ3) is 3.10. The van der Waals surface area contributed by atoms with Gasteiger partial charge >= 0.3 is 6.18 Å². The number of aliphatic hydroxyl groups is 1. The van der Waals surface area contributed by atoms with Gasteiger partial charge in [-0.15, -0.1) is 0 Å². The van der Waals surface area contributed by atoms with Gasteiger partial charge in [0.1, 0.15) is 5.75 Å². The van der Waals surface area contributed by atoms with Gasteiger partial charge in [-0.25, -0.2) is 0 Å². The smallest absolute Gasteiger partial charge is 0.422 e. The fourth-order valence-corrected chi connectivity index (χ4v) is 1.29. The monoisotopic (exact) mass is 235 g/mol. The Bertz CT molecular complexity index is 377. The second-order valence-corrected chi connectivity index (χ2v) is 3.40. The normalized spacial score (nSPS) is 11.6. The molecule has 0 bridgehead atoms. The third-order valence-electron chi connectivity index (χ3n) is 2.08. The Hall–Kier alpha value is -1.30. The quantitative estimate of drug-likeness (QED) is 0.872. The SMILES string of the molecule is Cc1cnc(CO)c(C)c1OCC(F)(F)F. The number of aryl methyl sites for hydroxylation is 1. The minimum Gasteiger partial charge on any atom is -0.483 e. The van der Waals surface area contributed by atoms with Crippen molar-refractivity contribution in [3.05, 3.63) is 23.0 Å². The fourth-order valence-electron chi connectivity index (χ4n) is 1.29. The molecule has 3 nitrogen and oxygen atoms in total. The molecule has 0 fully saturated rings. The summed E-state index contributed by atoms with van der Waals surface area (Å²) >= 11 is 0. The molecule has 0 aliphatic rings. The summed E-state index contributed by atoms with van der Waals surface area (Å²) in [6.07, 6.45) is -2.99. The fraction of sp³-hybridized carbons (Fsp3) is 0.500. The van der Waals surface area contributed by atoms with Crippen molar-refractivity contribution in [1.29, 1.82) is 0 Å². The van der Waals surface area contributed by atoms with Crippen molar-refractivity contribution >= 4 is 0 Å². The first-order valence-corrected chi connectivity index (χ1v) is 4.60. The average molecular weight is 235 g/mol. The number of rotatable bonds is 3. The number of hydrogen-bond acceptors (Lipinski definition) is 3. The van der Waals surface area contributed by atoms with Gasteiger partial charge in [-0.1, -0.05) is 0 Å². The first kappa shape index (κ1) is 12.8. The minimum absolute atomic E-state index is 0.136. The van der Waals surface area contributed by atoms with E-state index >= 15 is 0 Å². The van der Waals surface area contributed by atoms with E-state index in [4.69, 9.17) is 9.84 Å². The van der Waals surface area contributed by atoms with E-state index in [1.54, 1.807) is 13.8 Å². The van der Waals surface area contributed by atoms with Crippen LogP contribution in [0.4, 0.5) is 13.2 Å². The lowest BCUT2D eigenvalue weighted by Crippen LogP contribution is -2.20. The molecule has 6 heteroatoms. The molecular weight excluding hydrogens is 223 g/mol. The summed E-state index contributed by atoms with van der Waals surface area (Å²) < 4.78 is 40.7. The van der Waals surface area contributed by atoms with E-state index in [1.165, 1.54) is 6.20 Å². The summed E-state index contributed by atoms with van der Waals surface area (Å²) in [7, 11) is 0. The zero-order valence-corrected chi connectivity index (χ0v) is 8.93. The summed E-state index contributed by atoms with van der Waals surface area (Å²) in [4.78, 5) is 3.89. The standard InChI is InChI=1S/C10H12F3NO2/c1-6-3-14-8(4-15)7(2)9(6)16-5-10(11,12)13/h3,15H,4-5H2,1-2H3. The molecule has 1 N–H and O–H groups in total. The van der Waals surface area contributed by atoms with E-state index in [-0.39, 0.29) is 12.4 Å². The first-order chi connectivity index (χ1) is 7.35. The summed E-state index contributed by atoms with van der Waals surface area (Å²) in [5.41, 5.74) is 1.27. The van der Waals surface area contributed by atoms with E-state index in [0.29, 0.717) is 16.8 Å². The summed E-state index contributed by atoms with van der Waals surface area (Å²) in [6.45, 7) is 1.50. The Kier molecular flexibility index (Phi) is 3.74. The molecule has 0 unspecified atom stereocenters. The number of nitrogens with zero attached hydrogens (tertiary/aromatic N) is 1. The number of aliphatic hydroxyl groups excluding tert-OH is 1. The number of aromatic nitrogens is 1. The predicted molar refractivity (Wildman–Crippen MR) is 51.2 cm³/mol. The number of ether oxygens (including phenoxy) is 1.